The number of urea groups is 1. The standard InChI is InChI=1S/C23H24N4O4/c1-31-18-9-7-16(8-10-18)11-13-24-23(30)26-14-12-20-19(15-26)21(22(28)29)25-27(20)17-5-3-2-4-6-17/h2-10H,11-15H2,1H3,(H,24,30)(H,28,29). The number of aromatic carboxylic acids is 1. The van der Waals surface area contributed by atoms with Gasteiger partial charge in [0.05, 0.1) is 25.0 Å². The van der Waals surface area contributed by atoms with Crippen LogP contribution in [-0.2, 0) is 19.4 Å². The van der Waals surface area contributed by atoms with Crippen LogP contribution >= 0.6 is 0 Å². The molecule has 0 radical (unpaired) electrons. The molecule has 0 aliphatic carbocycles. The first kappa shape index (κ1) is 20.5. The lowest BCUT2D eigenvalue weighted by Gasteiger charge is -2.28. The van der Waals surface area contributed by atoms with Crippen molar-refractivity contribution < 1.29 is 19.4 Å². The first-order valence-corrected chi connectivity index (χ1v) is 10.1. The lowest BCUT2D eigenvalue weighted by molar-refractivity contribution is 0.0687. The van der Waals surface area contributed by atoms with Crippen molar-refractivity contribution in [1.29, 1.82) is 0 Å². The summed E-state index contributed by atoms with van der Waals surface area (Å²) >= 11 is 0. The molecule has 8 nitrogen and oxygen atoms in total. The van der Waals surface area contributed by atoms with Crippen molar-refractivity contribution in [2.45, 2.75) is 19.4 Å². The van der Waals surface area contributed by atoms with Gasteiger partial charge in [-0.15, -0.1) is 0 Å². The Morgan fingerprint density at radius 2 is 1.87 bits per heavy atom. The van der Waals surface area contributed by atoms with Crippen LogP contribution in [0.3, 0.4) is 0 Å². The van der Waals surface area contributed by atoms with Crippen molar-refractivity contribution in [1.82, 2.24) is 20.0 Å². The largest absolute Gasteiger partial charge is 0.497 e. The van der Waals surface area contributed by atoms with Gasteiger partial charge in [0.15, 0.2) is 5.69 Å². The summed E-state index contributed by atoms with van der Waals surface area (Å²) in [4.78, 5) is 26.1. The minimum Gasteiger partial charge on any atom is -0.497 e. The van der Waals surface area contributed by atoms with Crippen LogP contribution in [0.25, 0.3) is 5.69 Å². The molecule has 0 atom stereocenters. The molecular weight excluding hydrogens is 396 g/mol. The van der Waals surface area contributed by atoms with Crippen LogP contribution in [0.1, 0.15) is 27.3 Å². The molecule has 0 spiro atoms. The van der Waals surface area contributed by atoms with Gasteiger partial charge in [0.2, 0.25) is 0 Å². The normalized spacial score (nSPS) is 12.9. The minimum atomic E-state index is -1.09. The van der Waals surface area contributed by atoms with E-state index < -0.39 is 5.97 Å². The van der Waals surface area contributed by atoms with Crippen molar-refractivity contribution in [3.05, 3.63) is 77.1 Å². The zero-order valence-electron chi connectivity index (χ0n) is 17.2. The van der Waals surface area contributed by atoms with E-state index in [2.05, 4.69) is 10.4 Å². The van der Waals surface area contributed by atoms with Gasteiger partial charge in [0.25, 0.3) is 0 Å². The molecule has 0 unspecified atom stereocenters. The van der Waals surface area contributed by atoms with Gasteiger partial charge in [-0.05, 0) is 36.2 Å². The van der Waals surface area contributed by atoms with Gasteiger partial charge in [-0.2, -0.15) is 5.10 Å². The highest BCUT2D eigenvalue weighted by Crippen LogP contribution is 2.25. The Labute approximate surface area is 180 Å². The third kappa shape index (κ3) is 4.37. The van der Waals surface area contributed by atoms with E-state index in [0.717, 1.165) is 22.7 Å². The number of amides is 2. The molecule has 160 valence electrons. The maximum absolute atomic E-state index is 12.7. The third-order valence-electron chi connectivity index (χ3n) is 5.40. The fourth-order valence-electron chi connectivity index (χ4n) is 3.76. The topological polar surface area (TPSA) is 96.7 Å². The Kier molecular flexibility index (Phi) is 5.88. The summed E-state index contributed by atoms with van der Waals surface area (Å²) in [6.07, 6.45) is 1.23. The molecule has 31 heavy (non-hydrogen) atoms. The van der Waals surface area contributed by atoms with E-state index in [1.54, 1.807) is 16.7 Å². The number of carbonyl (C=O) groups excluding carboxylic acids is 1. The molecule has 0 saturated heterocycles. The van der Waals surface area contributed by atoms with Crippen LogP contribution < -0.4 is 10.1 Å². The number of carboxylic acids is 1. The molecule has 8 heteroatoms. The zero-order chi connectivity index (χ0) is 21.8. The molecule has 2 heterocycles. The van der Waals surface area contributed by atoms with Gasteiger partial charge in [0, 0.05) is 25.1 Å². The number of hydrogen-bond acceptors (Lipinski definition) is 4. The number of fused-ring (bicyclic) bond motifs is 1. The monoisotopic (exact) mass is 420 g/mol. The van der Waals surface area contributed by atoms with E-state index in [4.69, 9.17) is 4.74 Å². The summed E-state index contributed by atoms with van der Waals surface area (Å²) in [5, 5.41) is 16.9. The van der Waals surface area contributed by atoms with Crippen molar-refractivity contribution in [2.75, 3.05) is 20.2 Å². The summed E-state index contributed by atoms with van der Waals surface area (Å²) in [5.74, 6) is -0.296. The van der Waals surface area contributed by atoms with E-state index in [1.807, 2.05) is 54.6 Å². The first-order valence-electron chi connectivity index (χ1n) is 10.1. The Morgan fingerprint density at radius 3 is 2.55 bits per heavy atom. The number of para-hydroxylation sites is 1. The smallest absolute Gasteiger partial charge is 0.356 e. The molecule has 1 aliphatic rings. The molecule has 1 aromatic heterocycles. The van der Waals surface area contributed by atoms with Crippen LogP contribution in [0.15, 0.2) is 54.6 Å². The van der Waals surface area contributed by atoms with Gasteiger partial charge in [-0.3, -0.25) is 0 Å². The number of benzene rings is 2. The highest BCUT2D eigenvalue weighted by atomic mass is 16.5. The Bertz CT molecular complexity index is 1080. The molecule has 0 fully saturated rings. The third-order valence-corrected chi connectivity index (χ3v) is 5.40. The molecule has 2 N–H and O–H groups in total. The number of aromatic nitrogens is 2. The number of hydrogen-bond donors (Lipinski definition) is 2. The maximum atomic E-state index is 12.7. The van der Waals surface area contributed by atoms with Gasteiger partial charge >= 0.3 is 12.0 Å². The molecule has 0 saturated carbocycles. The Morgan fingerprint density at radius 1 is 1.13 bits per heavy atom. The maximum Gasteiger partial charge on any atom is 0.356 e. The second-order valence-electron chi connectivity index (χ2n) is 7.33. The molecule has 2 aromatic carbocycles. The summed E-state index contributed by atoms with van der Waals surface area (Å²) < 4.78 is 6.83. The molecule has 4 rings (SSSR count). The molecule has 2 amide bonds. The van der Waals surface area contributed by atoms with Crippen molar-refractivity contribution in [3.8, 4) is 11.4 Å². The van der Waals surface area contributed by atoms with E-state index in [9.17, 15) is 14.7 Å². The highest BCUT2D eigenvalue weighted by molar-refractivity contribution is 5.88. The predicted octanol–water partition coefficient (Wildman–Crippen LogP) is 2.89. The van der Waals surface area contributed by atoms with Crippen molar-refractivity contribution in [2.24, 2.45) is 0 Å². The molecular formula is C23H24N4O4. The fourth-order valence-corrected chi connectivity index (χ4v) is 3.76. The average Bonchev–Trinajstić information content (AvgIpc) is 3.19. The van der Waals surface area contributed by atoms with Crippen LogP contribution in [0, 0.1) is 0 Å². The quantitative estimate of drug-likeness (QED) is 0.639. The van der Waals surface area contributed by atoms with Gasteiger partial charge in [-0.1, -0.05) is 30.3 Å². The van der Waals surface area contributed by atoms with Gasteiger partial charge in [0.1, 0.15) is 5.75 Å². The van der Waals surface area contributed by atoms with E-state index >= 15 is 0 Å². The number of rotatable bonds is 6. The van der Waals surface area contributed by atoms with Crippen LogP contribution in [0.5, 0.6) is 5.75 Å². The molecule has 0 bridgehead atoms. The predicted molar refractivity (Wildman–Crippen MR) is 115 cm³/mol. The number of nitrogens with zero attached hydrogens (tertiary/aromatic N) is 3. The van der Waals surface area contributed by atoms with Gasteiger partial charge in [-0.25, -0.2) is 14.3 Å². The average molecular weight is 420 g/mol. The van der Waals surface area contributed by atoms with Crippen molar-refractivity contribution in [3.63, 3.8) is 0 Å². The number of ether oxygens (including phenoxy) is 1. The first-order chi connectivity index (χ1) is 15.1. The number of carbonyl (C=O) groups is 2. The van der Waals surface area contributed by atoms with Crippen LogP contribution in [0.4, 0.5) is 4.79 Å². The lowest BCUT2D eigenvalue weighted by atomic mass is 10.1. The summed E-state index contributed by atoms with van der Waals surface area (Å²) in [7, 11) is 1.62. The summed E-state index contributed by atoms with van der Waals surface area (Å²) in [6, 6.07) is 16.9. The SMILES string of the molecule is COc1ccc(CCNC(=O)N2CCc3c(c(C(=O)O)nn3-c3ccccc3)C2)cc1. The second-order valence-corrected chi connectivity index (χ2v) is 7.33. The number of nitrogens with one attached hydrogen (secondary N) is 1. The van der Waals surface area contributed by atoms with E-state index in [0.29, 0.717) is 31.5 Å². The second kappa shape index (κ2) is 8.91. The van der Waals surface area contributed by atoms with Gasteiger partial charge < -0.3 is 20.1 Å². The highest BCUT2D eigenvalue weighted by Gasteiger charge is 2.30. The lowest BCUT2D eigenvalue weighted by Crippen LogP contribution is -2.43. The minimum absolute atomic E-state index is 0.00501. The Hall–Kier alpha value is -3.81. The molecule has 1 aliphatic heterocycles. The van der Waals surface area contributed by atoms with E-state index in [-0.39, 0.29) is 18.3 Å². The number of carboxylic acid groups (broad SMARTS) is 1. The van der Waals surface area contributed by atoms with E-state index in [1.165, 1.54) is 0 Å². The summed E-state index contributed by atoms with van der Waals surface area (Å²) in [5.41, 5.74) is 3.33. The Balaban J connectivity index is 1.43. The van der Waals surface area contributed by atoms with Crippen LogP contribution in [-0.4, -0.2) is 52.0 Å². The van der Waals surface area contributed by atoms with Crippen LogP contribution in [0.2, 0.25) is 0 Å². The zero-order valence-corrected chi connectivity index (χ0v) is 17.2. The van der Waals surface area contributed by atoms with Crippen molar-refractivity contribution >= 4 is 12.0 Å². The number of methoxy groups -OCH3 is 1. The summed E-state index contributed by atoms with van der Waals surface area (Å²) in [6.45, 7) is 1.21. The fraction of sp³-hybridized carbons (Fsp3) is 0.261. The molecule has 3 aromatic rings.